The molecule has 20 heteroatoms. The molecule has 330 valence electrons. The number of aryl methyl sites for hydroxylation is 1. The Morgan fingerprint density at radius 2 is 1.73 bits per heavy atom. The number of hydrogen-bond acceptors (Lipinski definition) is 7. The van der Waals surface area contributed by atoms with Crippen molar-refractivity contribution in [2.45, 2.75) is 83.0 Å². The summed E-state index contributed by atoms with van der Waals surface area (Å²) in [5.41, 5.74) is -2.94. The van der Waals surface area contributed by atoms with E-state index in [-0.39, 0.29) is 57.3 Å². The Morgan fingerprint density at radius 1 is 1.06 bits per heavy atom. The number of pyridine rings is 1. The van der Waals surface area contributed by atoms with Crippen LogP contribution in [-0.2, 0) is 46.9 Å². The number of halogens is 8. The van der Waals surface area contributed by atoms with Crippen molar-refractivity contribution in [3.63, 3.8) is 0 Å². The third-order valence-corrected chi connectivity index (χ3v) is 12.5. The summed E-state index contributed by atoms with van der Waals surface area (Å²) in [5, 5.41) is 21.1. The summed E-state index contributed by atoms with van der Waals surface area (Å²) in [5.74, 6) is -3.50. The van der Waals surface area contributed by atoms with Crippen LogP contribution in [0.3, 0.4) is 0 Å². The van der Waals surface area contributed by atoms with Gasteiger partial charge in [-0.25, -0.2) is 22.2 Å². The van der Waals surface area contributed by atoms with E-state index < -0.39 is 92.9 Å². The molecule has 1 fully saturated rings. The summed E-state index contributed by atoms with van der Waals surface area (Å²) in [7, 11) is -2.34. The van der Waals surface area contributed by atoms with E-state index in [0.29, 0.717) is 29.2 Å². The summed E-state index contributed by atoms with van der Waals surface area (Å²) < 4.78 is 133. The van der Waals surface area contributed by atoms with Gasteiger partial charge in [0, 0.05) is 35.7 Å². The molecule has 3 aromatic heterocycles. The van der Waals surface area contributed by atoms with Crippen LogP contribution in [0.5, 0.6) is 0 Å². The number of aromatic nitrogens is 5. The lowest BCUT2D eigenvalue weighted by Gasteiger charge is -2.24. The van der Waals surface area contributed by atoms with Gasteiger partial charge in [-0.15, -0.1) is 0 Å². The van der Waals surface area contributed by atoms with Crippen molar-refractivity contribution in [3.8, 4) is 23.0 Å². The third kappa shape index (κ3) is 8.60. The average molecular weight is 908 g/mol. The van der Waals surface area contributed by atoms with Crippen LogP contribution >= 0.6 is 11.6 Å². The van der Waals surface area contributed by atoms with Crippen molar-refractivity contribution in [2.24, 2.45) is 18.4 Å². The maximum absolute atomic E-state index is 15.9. The van der Waals surface area contributed by atoms with Crippen molar-refractivity contribution in [2.75, 3.05) is 17.6 Å². The number of alkyl halides is 5. The molecule has 7 rings (SSSR count). The molecule has 3 atom stereocenters. The van der Waals surface area contributed by atoms with Gasteiger partial charge in [0.2, 0.25) is 15.9 Å². The molecule has 0 unspecified atom stereocenters. The fourth-order valence-electron chi connectivity index (χ4n) is 8.89. The summed E-state index contributed by atoms with van der Waals surface area (Å²) in [4.78, 5) is 19.0. The van der Waals surface area contributed by atoms with Crippen LogP contribution in [0.2, 0.25) is 5.02 Å². The molecule has 0 aliphatic heterocycles. The topological polar surface area (TPSA) is 144 Å². The predicted octanol–water partition coefficient (Wildman–Crippen LogP) is 8.39. The molecule has 11 nitrogen and oxygen atoms in total. The highest BCUT2D eigenvalue weighted by molar-refractivity contribution is 7.92. The van der Waals surface area contributed by atoms with Crippen LogP contribution in [-0.4, -0.2) is 56.8 Å². The number of carbonyl (C=O) groups excluding carboxylic acids is 1. The van der Waals surface area contributed by atoms with E-state index >= 15 is 8.78 Å². The number of aliphatic hydroxyl groups is 1. The summed E-state index contributed by atoms with van der Waals surface area (Å²) in [6.07, 6.45) is -1.82. The lowest BCUT2D eigenvalue weighted by Crippen LogP contribution is -2.35. The number of carbonyl (C=O) groups is 1. The molecule has 3 heterocycles. The van der Waals surface area contributed by atoms with E-state index in [2.05, 4.69) is 32.1 Å². The maximum Gasteiger partial charge on any atom is 0.435 e. The highest BCUT2D eigenvalue weighted by Gasteiger charge is 2.58. The number of benzene rings is 2. The maximum atomic E-state index is 15.9. The normalized spacial score (nSPS) is 18.7. The SMILES string of the molecule is CC[C@@H]1[C@H](C)c2c(C(F)(F)F)nn(CC(=O)N[C@@H](Cc3cc(F)cc(F)c3)c3nc(C#CC4(CO)CCCC4)ccc3-c3ccc(Cl)c4c(NS(C)(=O)=O)nn(C)c34)c2C1(F)F. The van der Waals surface area contributed by atoms with E-state index in [9.17, 15) is 40.3 Å². The van der Waals surface area contributed by atoms with Gasteiger partial charge in [-0.3, -0.25) is 18.9 Å². The van der Waals surface area contributed by atoms with Gasteiger partial charge >= 0.3 is 6.18 Å². The highest BCUT2D eigenvalue weighted by atomic mass is 35.5. The fourth-order valence-corrected chi connectivity index (χ4v) is 9.63. The fraction of sp³-hybridized carbons (Fsp3) is 0.429. The lowest BCUT2D eigenvalue weighted by molar-refractivity contribution is -0.143. The first-order valence-electron chi connectivity index (χ1n) is 19.6. The van der Waals surface area contributed by atoms with Crippen LogP contribution in [0.15, 0.2) is 42.5 Å². The molecule has 1 saturated carbocycles. The number of fused-ring (bicyclic) bond motifs is 2. The summed E-state index contributed by atoms with van der Waals surface area (Å²) >= 11 is 6.62. The number of sulfonamides is 1. The molecule has 0 bridgehead atoms. The Hall–Kier alpha value is -5.19. The highest BCUT2D eigenvalue weighted by Crippen LogP contribution is 2.57. The zero-order valence-corrected chi connectivity index (χ0v) is 35.3. The molecular formula is C42H41ClF7N7O4S. The minimum atomic E-state index is -5.12. The predicted molar refractivity (Wildman–Crippen MR) is 217 cm³/mol. The molecule has 0 saturated heterocycles. The van der Waals surface area contributed by atoms with Gasteiger partial charge in [-0.2, -0.15) is 32.1 Å². The number of hydrogen-bond donors (Lipinski definition) is 3. The lowest BCUT2D eigenvalue weighted by atomic mass is 9.88. The minimum Gasteiger partial charge on any atom is -0.395 e. The molecule has 62 heavy (non-hydrogen) atoms. The molecule has 3 N–H and O–H groups in total. The number of nitrogens with zero attached hydrogens (tertiary/aromatic N) is 5. The summed E-state index contributed by atoms with van der Waals surface area (Å²) in [6.45, 7) is 1.37. The Bertz CT molecular complexity index is 2740. The smallest absolute Gasteiger partial charge is 0.395 e. The van der Waals surface area contributed by atoms with Gasteiger partial charge in [-0.1, -0.05) is 50.3 Å². The van der Waals surface area contributed by atoms with Crippen LogP contribution in [0.4, 0.5) is 36.6 Å². The number of rotatable bonds is 11. The van der Waals surface area contributed by atoms with Crippen molar-refractivity contribution in [3.05, 3.63) is 93.0 Å². The van der Waals surface area contributed by atoms with Crippen molar-refractivity contribution in [1.29, 1.82) is 0 Å². The first-order valence-corrected chi connectivity index (χ1v) is 21.9. The van der Waals surface area contributed by atoms with Crippen LogP contribution < -0.4 is 10.0 Å². The third-order valence-electron chi connectivity index (χ3n) is 11.6. The van der Waals surface area contributed by atoms with Gasteiger partial charge in [-0.05, 0) is 73.4 Å². The van der Waals surface area contributed by atoms with E-state index in [1.54, 1.807) is 18.2 Å². The Balaban J connectivity index is 1.41. The first-order chi connectivity index (χ1) is 29.1. The molecule has 2 aliphatic rings. The quantitative estimate of drug-likeness (QED) is 0.0893. The molecule has 2 aliphatic carbocycles. The molecule has 0 radical (unpaired) electrons. The standard InChI is InChI=1S/C42H41ClF7N7O4S/c1-5-29-22(2)33-37(42(48,49)50)53-57(38(33)41(29,46)47)20-32(59)52-31(18-23-16-24(44)19-25(45)17-23)35-27(9-8-26(51-35)12-15-40(21-58)13-6-7-14-40)28-10-11-30(43)34-36(28)56(3)54-39(34)55-62(4,60)61/h8-11,16-17,19,22,29,31,58H,5-7,13-14,18,20-21H2,1-4H3,(H,52,59)(H,54,55)/t22-,29+,31-/m0/s1. The zero-order chi connectivity index (χ0) is 45.1. The monoisotopic (exact) mass is 907 g/mol. The van der Waals surface area contributed by atoms with Crippen molar-refractivity contribution in [1.82, 2.24) is 29.9 Å². The molecule has 2 aromatic carbocycles. The molecule has 5 aromatic rings. The van der Waals surface area contributed by atoms with Gasteiger partial charge in [0.1, 0.15) is 29.6 Å². The number of aliphatic hydroxyl groups excluding tert-OH is 1. The average Bonchev–Trinajstić information content (AvgIpc) is 3.93. The van der Waals surface area contributed by atoms with Gasteiger partial charge in [0.25, 0.3) is 5.92 Å². The van der Waals surface area contributed by atoms with E-state index in [1.807, 2.05) is 0 Å². The van der Waals surface area contributed by atoms with Crippen molar-refractivity contribution < 1.29 is 49.1 Å². The second kappa shape index (κ2) is 16.5. The first kappa shape index (κ1) is 44.9. The minimum absolute atomic E-state index is 0.00779. The largest absolute Gasteiger partial charge is 0.435 e. The van der Waals surface area contributed by atoms with Crippen LogP contribution in [0.1, 0.15) is 91.8 Å². The van der Waals surface area contributed by atoms with Crippen molar-refractivity contribution >= 4 is 44.3 Å². The molecule has 1 amide bonds. The van der Waals surface area contributed by atoms with Crippen LogP contribution in [0.25, 0.3) is 22.0 Å². The second-order valence-electron chi connectivity index (χ2n) is 16.0. The Morgan fingerprint density at radius 3 is 2.34 bits per heavy atom. The Kier molecular flexibility index (Phi) is 11.9. The van der Waals surface area contributed by atoms with Gasteiger partial charge in [0.05, 0.1) is 45.9 Å². The summed E-state index contributed by atoms with van der Waals surface area (Å²) in [6, 6.07) is 7.43. The molecule has 0 spiro atoms. The number of amides is 1. The zero-order valence-electron chi connectivity index (χ0n) is 33.8. The number of anilines is 1. The molecular weight excluding hydrogens is 867 g/mol. The van der Waals surface area contributed by atoms with Gasteiger partial charge in [0.15, 0.2) is 11.5 Å². The number of nitrogens with one attached hydrogen (secondary N) is 2. The second-order valence-corrected chi connectivity index (χ2v) is 18.1. The van der Waals surface area contributed by atoms with E-state index in [0.717, 1.165) is 31.2 Å². The van der Waals surface area contributed by atoms with E-state index in [1.165, 1.54) is 31.6 Å². The van der Waals surface area contributed by atoms with Gasteiger partial charge < -0.3 is 10.4 Å². The van der Waals surface area contributed by atoms with Crippen LogP contribution in [0, 0.1) is 34.8 Å². The Labute approximate surface area is 357 Å². The van der Waals surface area contributed by atoms with E-state index in [4.69, 9.17) is 16.6 Å².